The van der Waals surface area contributed by atoms with Crippen LogP contribution in [0.2, 0.25) is 0 Å². The summed E-state index contributed by atoms with van der Waals surface area (Å²) >= 11 is 0. The minimum absolute atomic E-state index is 0.144. The summed E-state index contributed by atoms with van der Waals surface area (Å²) in [4.78, 5) is 0. The molecule has 2 aromatic rings. The molecule has 2 unspecified atom stereocenters. The minimum Gasteiger partial charge on any atom is -0.481 e. The Hall–Kier alpha value is -2.48. The predicted molar refractivity (Wildman–Crippen MR) is 78.5 cm³/mol. The van der Waals surface area contributed by atoms with Gasteiger partial charge in [-0.1, -0.05) is 42.5 Å². The maximum atomic E-state index is 5.99. The lowest BCUT2D eigenvalue weighted by atomic mass is 10.0. The molecule has 2 aromatic carbocycles. The first-order valence-electron chi connectivity index (χ1n) is 6.69. The van der Waals surface area contributed by atoms with Crippen LogP contribution in [-0.2, 0) is 0 Å². The molecule has 0 amide bonds. The standard InChI is InChI=1S/C18H13O2/c1-3-7-15-13(5-1)9-11-17(19-15)18-12-10-14-6-2-4-8-16(14)20-18/h1-11,17-18H. The van der Waals surface area contributed by atoms with Gasteiger partial charge in [0, 0.05) is 17.2 Å². The Morgan fingerprint density at radius 3 is 2.35 bits per heavy atom. The monoisotopic (exact) mass is 261 g/mol. The Morgan fingerprint density at radius 1 is 0.800 bits per heavy atom. The lowest BCUT2D eigenvalue weighted by molar-refractivity contribution is 0.107. The zero-order valence-electron chi connectivity index (χ0n) is 10.8. The van der Waals surface area contributed by atoms with Crippen molar-refractivity contribution in [2.75, 3.05) is 0 Å². The zero-order chi connectivity index (χ0) is 13.4. The highest BCUT2D eigenvalue weighted by molar-refractivity contribution is 5.61. The molecule has 2 atom stereocenters. The van der Waals surface area contributed by atoms with E-state index in [-0.39, 0.29) is 12.2 Å². The van der Waals surface area contributed by atoms with E-state index in [0.717, 1.165) is 22.6 Å². The van der Waals surface area contributed by atoms with E-state index < -0.39 is 0 Å². The second-order valence-electron chi connectivity index (χ2n) is 4.87. The van der Waals surface area contributed by atoms with Crippen LogP contribution < -0.4 is 9.47 Å². The molecule has 2 aliphatic heterocycles. The number of rotatable bonds is 1. The fraction of sp³-hybridized carbons (Fsp3) is 0.111. The van der Waals surface area contributed by atoms with E-state index in [9.17, 15) is 0 Å². The molecule has 0 N–H and O–H groups in total. The molecule has 97 valence electrons. The van der Waals surface area contributed by atoms with E-state index >= 15 is 0 Å². The van der Waals surface area contributed by atoms with E-state index in [1.807, 2.05) is 60.7 Å². The Morgan fingerprint density at radius 2 is 1.50 bits per heavy atom. The van der Waals surface area contributed by atoms with Gasteiger partial charge in [0.2, 0.25) is 0 Å². The van der Waals surface area contributed by atoms with Gasteiger partial charge in [-0.05, 0) is 24.3 Å². The smallest absolute Gasteiger partial charge is 0.165 e. The third-order valence-electron chi connectivity index (χ3n) is 3.52. The van der Waals surface area contributed by atoms with Gasteiger partial charge in [0.25, 0.3) is 0 Å². The highest BCUT2D eigenvalue weighted by Gasteiger charge is 2.26. The van der Waals surface area contributed by atoms with Gasteiger partial charge >= 0.3 is 0 Å². The number of ether oxygens (including phenoxy) is 2. The van der Waals surface area contributed by atoms with Crippen LogP contribution in [0.3, 0.4) is 0 Å². The molecule has 0 aromatic heterocycles. The van der Waals surface area contributed by atoms with Gasteiger partial charge in [-0.15, -0.1) is 0 Å². The summed E-state index contributed by atoms with van der Waals surface area (Å²) in [6, 6.07) is 16.0. The summed E-state index contributed by atoms with van der Waals surface area (Å²) in [5.41, 5.74) is 2.16. The van der Waals surface area contributed by atoms with Crippen molar-refractivity contribution in [3.05, 3.63) is 71.8 Å². The molecule has 0 spiro atoms. The van der Waals surface area contributed by atoms with Crippen molar-refractivity contribution < 1.29 is 9.47 Å². The molecule has 2 aliphatic rings. The topological polar surface area (TPSA) is 18.5 Å². The summed E-state index contributed by atoms with van der Waals surface area (Å²) < 4.78 is 12.0. The summed E-state index contributed by atoms with van der Waals surface area (Å²) in [5, 5.41) is 0. The van der Waals surface area contributed by atoms with Crippen LogP contribution in [0, 0.1) is 6.08 Å². The fourth-order valence-electron chi connectivity index (χ4n) is 2.48. The molecule has 20 heavy (non-hydrogen) atoms. The van der Waals surface area contributed by atoms with Crippen molar-refractivity contribution in [1.82, 2.24) is 0 Å². The molecule has 2 nitrogen and oxygen atoms in total. The molecular weight excluding hydrogens is 248 g/mol. The van der Waals surface area contributed by atoms with Gasteiger partial charge in [0.15, 0.2) is 12.2 Å². The van der Waals surface area contributed by atoms with Crippen molar-refractivity contribution in [1.29, 1.82) is 0 Å². The molecule has 2 heteroatoms. The maximum absolute atomic E-state index is 5.99. The van der Waals surface area contributed by atoms with Crippen LogP contribution in [0.15, 0.2) is 54.6 Å². The van der Waals surface area contributed by atoms with Gasteiger partial charge in [-0.2, -0.15) is 0 Å². The Kier molecular flexibility index (Phi) is 2.59. The summed E-state index contributed by atoms with van der Waals surface area (Å²) in [5.74, 6) is 1.77. The second-order valence-corrected chi connectivity index (χ2v) is 4.87. The number of benzene rings is 2. The van der Waals surface area contributed by atoms with Crippen molar-refractivity contribution >= 4 is 12.2 Å². The normalized spacial score (nSPS) is 22.4. The van der Waals surface area contributed by atoms with E-state index in [1.54, 1.807) is 0 Å². The average Bonchev–Trinajstić information content (AvgIpc) is 2.54. The molecule has 0 bridgehead atoms. The van der Waals surface area contributed by atoms with Gasteiger partial charge < -0.3 is 9.47 Å². The zero-order valence-corrected chi connectivity index (χ0v) is 10.8. The Labute approximate surface area is 118 Å². The molecule has 4 rings (SSSR count). The molecule has 2 heterocycles. The van der Waals surface area contributed by atoms with E-state index in [4.69, 9.17) is 9.47 Å². The number of para-hydroxylation sites is 2. The number of hydrogen-bond donors (Lipinski definition) is 0. The maximum Gasteiger partial charge on any atom is 0.165 e. The second kappa shape index (κ2) is 4.57. The van der Waals surface area contributed by atoms with Crippen LogP contribution in [0.5, 0.6) is 11.5 Å². The van der Waals surface area contributed by atoms with Crippen LogP contribution in [0.1, 0.15) is 11.1 Å². The molecule has 0 saturated carbocycles. The first-order chi connectivity index (χ1) is 9.90. The summed E-state index contributed by atoms with van der Waals surface area (Å²) in [7, 11) is 0. The third-order valence-corrected chi connectivity index (χ3v) is 3.52. The largest absolute Gasteiger partial charge is 0.481 e. The minimum atomic E-state index is -0.213. The fourth-order valence-corrected chi connectivity index (χ4v) is 2.48. The van der Waals surface area contributed by atoms with Crippen molar-refractivity contribution in [2.24, 2.45) is 0 Å². The average molecular weight is 261 g/mol. The predicted octanol–water partition coefficient (Wildman–Crippen LogP) is 3.74. The van der Waals surface area contributed by atoms with Crippen molar-refractivity contribution in [2.45, 2.75) is 12.2 Å². The number of fused-ring (bicyclic) bond motifs is 2. The Balaban J connectivity index is 1.60. The van der Waals surface area contributed by atoms with Crippen LogP contribution >= 0.6 is 0 Å². The van der Waals surface area contributed by atoms with Gasteiger partial charge in [-0.3, -0.25) is 0 Å². The number of hydrogen-bond acceptors (Lipinski definition) is 2. The van der Waals surface area contributed by atoms with Gasteiger partial charge in [0.1, 0.15) is 11.5 Å². The quantitative estimate of drug-likeness (QED) is 0.778. The van der Waals surface area contributed by atoms with Crippen LogP contribution in [0.4, 0.5) is 0 Å². The molecular formula is C18H13O2. The van der Waals surface area contributed by atoms with E-state index in [0.29, 0.717) is 0 Å². The van der Waals surface area contributed by atoms with Crippen molar-refractivity contribution in [3.8, 4) is 11.5 Å². The highest BCUT2D eigenvalue weighted by Crippen LogP contribution is 2.31. The SMILES string of the molecule is [C]1=Cc2ccccc2OC1C1C=Cc2ccccc2O1. The van der Waals surface area contributed by atoms with E-state index in [1.165, 1.54) is 0 Å². The molecule has 0 aliphatic carbocycles. The van der Waals surface area contributed by atoms with Crippen LogP contribution in [-0.4, -0.2) is 12.2 Å². The van der Waals surface area contributed by atoms with Crippen molar-refractivity contribution in [3.63, 3.8) is 0 Å². The molecule has 0 saturated heterocycles. The molecule has 0 fully saturated rings. The first kappa shape index (κ1) is 11.4. The lowest BCUT2D eigenvalue weighted by Crippen LogP contribution is -2.36. The van der Waals surface area contributed by atoms with Gasteiger partial charge in [0.05, 0.1) is 0 Å². The van der Waals surface area contributed by atoms with Crippen LogP contribution in [0.25, 0.3) is 12.2 Å². The summed E-state index contributed by atoms with van der Waals surface area (Å²) in [6.45, 7) is 0. The molecule has 1 radical (unpaired) electrons. The van der Waals surface area contributed by atoms with E-state index in [2.05, 4.69) is 12.2 Å². The summed E-state index contributed by atoms with van der Waals surface area (Å²) in [6.07, 6.45) is 8.98. The Bertz CT molecular complexity index is 639. The third kappa shape index (κ3) is 1.90. The first-order valence-corrected chi connectivity index (χ1v) is 6.69. The highest BCUT2D eigenvalue weighted by atomic mass is 16.5. The van der Waals surface area contributed by atoms with Gasteiger partial charge in [-0.25, -0.2) is 0 Å². The lowest BCUT2D eigenvalue weighted by Gasteiger charge is -2.29.